The van der Waals surface area contributed by atoms with Crippen LogP contribution >= 0.6 is 0 Å². The van der Waals surface area contributed by atoms with Gasteiger partial charge < -0.3 is 20.1 Å². The zero-order valence-electron chi connectivity index (χ0n) is 41.2. The first-order chi connectivity index (χ1) is 30.0. The topological polar surface area (TPSA) is 154 Å². The lowest BCUT2D eigenvalue weighted by atomic mass is 10.0. The van der Waals surface area contributed by atoms with Crippen LogP contribution in [0.2, 0.25) is 0 Å². The molecule has 12 heteroatoms. The number of benzene rings is 2. The monoisotopic (exact) mass is 875 g/mol. The number of H-pyrrole nitrogens is 1. The van der Waals surface area contributed by atoms with Crippen LogP contribution in [0.3, 0.4) is 0 Å². The molecule has 0 bridgehead atoms. The Balaban J connectivity index is -0.000000213. The Morgan fingerprint density at radius 1 is 0.556 bits per heavy atom. The van der Waals surface area contributed by atoms with E-state index in [1.165, 1.54) is 18.7 Å². The maximum absolute atomic E-state index is 11.1. The van der Waals surface area contributed by atoms with Crippen molar-refractivity contribution in [2.45, 2.75) is 142 Å². The average Bonchev–Trinajstić information content (AvgIpc) is 3.33. The van der Waals surface area contributed by atoms with Crippen molar-refractivity contribution in [3.8, 4) is 0 Å². The molecule has 6 rings (SSSR count). The van der Waals surface area contributed by atoms with Gasteiger partial charge in [0.2, 0.25) is 23.3 Å². The van der Waals surface area contributed by atoms with Crippen LogP contribution in [0.4, 0.5) is 5.82 Å². The molecule has 1 aliphatic heterocycles. The predicted molar refractivity (Wildman–Crippen MR) is 270 cm³/mol. The molecule has 0 unspecified atom stereocenters. The number of aromatic nitrogens is 5. The Labute approximate surface area is 382 Å². The molecule has 3 amide bonds. The van der Waals surface area contributed by atoms with Gasteiger partial charge in [-0.2, -0.15) is 0 Å². The second-order valence-corrected chi connectivity index (χ2v) is 12.2. The molecular weight excluding hydrogens is 789 g/mol. The average molecular weight is 875 g/mol. The van der Waals surface area contributed by atoms with Crippen LogP contribution in [0.25, 0.3) is 11.0 Å². The molecule has 3 aromatic heterocycles. The second-order valence-electron chi connectivity index (χ2n) is 12.2. The normalized spacial score (nSPS) is 9.43. The molecule has 63 heavy (non-hydrogen) atoms. The molecule has 0 fully saturated rings. The van der Waals surface area contributed by atoms with Crippen LogP contribution in [0, 0.1) is 0 Å². The summed E-state index contributed by atoms with van der Waals surface area (Å²) in [6, 6.07) is 27.3. The Hall–Kier alpha value is -5.78. The number of carbonyl (C=O) groups excluding carboxylic acids is 3. The van der Waals surface area contributed by atoms with E-state index in [1.54, 1.807) is 44.1 Å². The van der Waals surface area contributed by atoms with E-state index in [-0.39, 0.29) is 30.7 Å². The largest absolute Gasteiger partial charge is 0.349 e. The Morgan fingerprint density at radius 2 is 0.937 bits per heavy atom. The lowest BCUT2D eigenvalue weighted by Gasteiger charge is -2.17. The third-order valence-electron chi connectivity index (χ3n) is 7.41. The summed E-state index contributed by atoms with van der Waals surface area (Å²) in [5, 5.41) is 3.71. The molecule has 0 radical (unpaired) electrons. The third-order valence-corrected chi connectivity index (χ3v) is 7.41. The molecule has 12 nitrogen and oxygen atoms in total. The van der Waals surface area contributed by atoms with Gasteiger partial charge in [0.1, 0.15) is 24.1 Å². The molecule has 354 valence electrons. The molecule has 0 spiro atoms. The second kappa shape index (κ2) is 47.3. The fourth-order valence-electron chi connectivity index (χ4n) is 4.57. The Bertz CT molecular complexity index is 1730. The molecule has 0 saturated heterocycles. The van der Waals surface area contributed by atoms with Crippen molar-refractivity contribution in [2.75, 3.05) is 33.5 Å². The number of anilines is 1. The quantitative estimate of drug-likeness (QED) is 0.171. The SMILES string of the molecule is C.CC.CC.CC.CC.CCC(=O)N(C)C.CCC(=O)N(C)C.CCCc1ncnc2[nH]c(=O)ccc12.CCCc1ncnc2c1CCC(=O)N2.c1ccccc1.c1ccccc1. The number of aryl methyl sites for hydroxylation is 2. The summed E-state index contributed by atoms with van der Waals surface area (Å²) in [6.07, 6.45) is 9.52. The van der Waals surface area contributed by atoms with Gasteiger partial charge in [-0.3, -0.25) is 19.2 Å². The van der Waals surface area contributed by atoms with Crippen molar-refractivity contribution in [1.82, 2.24) is 34.7 Å². The summed E-state index contributed by atoms with van der Waals surface area (Å²) in [7, 11) is 7.02. The lowest BCUT2D eigenvalue weighted by molar-refractivity contribution is -0.129. The van der Waals surface area contributed by atoms with E-state index in [4.69, 9.17) is 0 Å². The lowest BCUT2D eigenvalue weighted by Crippen LogP contribution is -2.21. The summed E-state index contributed by atoms with van der Waals surface area (Å²) < 4.78 is 0. The molecule has 1 aliphatic rings. The first-order valence-corrected chi connectivity index (χ1v) is 22.3. The number of rotatable bonds is 6. The number of pyridine rings is 1. The van der Waals surface area contributed by atoms with E-state index < -0.39 is 0 Å². The molecule has 2 aromatic carbocycles. The number of nitrogens with zero attached hydrogens (tertiary/aromatic N) is 6. The highest BCUT2D eigenvalue weighted by Crippen LogP contribution is 2.22. The number of nitrogens with one attached hydrogen (secondary N) is 2. The molecule has 0 atom stereocenters. The van der Waals surface area contributed by atoms with E-state index in [9.17, 15) is 19.2 Å². The van der Waals surface area contributed by atoms with Gasteiger partial charge in [-0.15, -0.1) is 0 Å². The zero-order chi connectivity index (χ0) is 48.1. The molecular formula is C51H86N8O4. The van der Waals surface area contributed by atoms with Gasteiger partial charge in [0.15, 0.2) is 0 Å². The highest BCUT2D eigenvalue weighted by atomic mass is 16.2. The summed E-state index contributed by atoms with van der Waals surface area (Å²) in [5.74, 6) is 1.12. The molecule has 5 aromatic rings. The van der Waals surface area contributed by atoms with Crippen molar-refractivity contribution in [2.24, 2.45) is 0 Å². The van der Waals surface area contributed by atoms with Gasteiger partial charge in [-0.05, 0) is 25.3 Å². The van der Waals surface area contributed by atoms with Gasteiger partial charge in [-0.25, -0.2) is 19.9 Å². The van der Waals surface area contributed by atoms with Gasteiger partial charge >= 0.3 is 0 Å². The van der Waals surface area contributed by atoms with E-state index >= 15 is 0 Å². The summed E-state index contributed by atoms with van der Waals surface area (Å²) in [5.41, 5.74) is 3.69. The number of amides is 3. The fourth-order valence-corrected chi connectivity index (χ4v) is 4.57. The maximum atomic E-state index is 11.1. The van der Waals surface area contributed by atoms with Crippen LogP contribution in [0.5, 0.6) is 0 Å². The minimum Gasteiger partial charge on any atom is -0.349 e. The summed E-state index contributed by atoms with van der Waals surface area (Å²) >= 11 is 0. The number of hydrogen-bond donors (Lipinski definition) is 2. The standard InChI is InChI=1S/C10H13N3O.C10H11N3O.2C6H6.2C5H11NO.4C2H6.CH4/c2*1-2-3-8-7-4-5-9(14)13-10(7)12-6-11-8;2*1-2-4-6-5-3-1;2*1-4-5(7)6(2)3;4*1-2;/h6H,2-5H2,1H3,(H,11,12,13,14);4-6H,2-3H2,1H3,(H,11,12,13,14);2*1-6H;2*4H2,1-3H3;4*1-2H3;1H4. The van der Waals surface area contributed by atoms with Crippen LogP contribution in [-0.2, 0) is 33.6 Å². The highest BCUT2D eigenvalue weighted by molar-refractivity contribution is 5.92. The fraction of sp³-hybridized carbons (Fsp3) is 0.490. The minimum absolute atomic E-state index is 0. The van der Waals surface area contributed by atoms with Crippen molar-refractivity contribution in [3.05, 3.63) is 125 Å². The van der Waals surface area contributed by atoms with Crippen molar-refractivity contribution in [1.29, 1.82) is 0 Å². The Kier molecular flexibility index (Phi) is 49.8. The first-order valence-electron chi connectivity index (χ1n) is 22.3. The van der Waals surface area contributed by atoms with Crippen molar-refractivity contribution >= 4 is 34.6 Å². The van der Waals surface area contributed by atoms with Crippen LogP contribution < -0.4 is 10.9 Å². The maximum Gasteiger partial charge on any atom is 0.249 e. The predicted octanol–water partition coefficient (Wildman–Crippen LogP) is 11.7. The van der Waals surface area contributed by atoms with Crippen LogP contribution in [0.1, 0.15) is 140 Å². The molecule has 0 aliphatic carbocycles. The molecule has 0 saturated carbocycles. The van der Waals surface area contributed by atoms with Gasteiger partial charge in [0.05, 0.1) is 5.69 Å². The number of hydrogen-bond acceptors (Lipinski definition) is 8. The minimum atomic E-state index is -0.126. The molecule has 4 heterocycles. The third kappa shape index (κ3) is 33.5. The summed E-state index contributed by atoms with van der Waals surface area (Å²) in [6.45, 7) is 23.9. The number of carbonyl (C=O) groups is 3. The summed E-state index contributed by atoms with van der Waals surface area (Å²) in [4.78, 5) is 65.4. The van der Waals surface area contributed by atoms with Crippen molar-refractivity contribution in [3.63, 3.8) is 0 Å². The van der Waals surface area contributed by atoms with E-state index in [2.05, 4.69) is 44.1 Å². The van der Waals surface area contributed by atoms with E-state index in [0.717, 1.165) is 54.4 Å². The molecule has 2 N–H and O–H groups in total. The number of aromatic amines is 1. The van der Waals surface area contributed by atoms with Gasteiger partial charge in [-0.1, -0.05) is 176 Å². The van der Waals surface area contributed by atoms with Crippen molar-refractivity contribution < 1.29 is 14.4 Å². The smallest absolute Gasteiger partial charge is 0.249 e. The van der Waals surface area contributed by atoms with E-state index in [1.807, 2.05) is 142 Å². The Morgan fingerprint density at radius 3 is 1.30 bits per heavy atom. The van der Waals surface area contributed by atoms with Gasteiger partial charge in [0, 0.05) is 70.2 Å². The zero-order valence-corrected chi connectivity index (χ0v) is 41.2. The number of fused-ring (bicyclic) bond motifs is 2. The highest BCUT2D eigenvalue weighted by Gasteiger charge is 2.18. The van der Waals surface area contributed by atoms with Gasteiger partial charge in [0.25, 0.3) is 0 Å². The first kappa shape index (κ1) is 66.3. The van der Waals surface area contributed by atoms with Crippen LogP contribution in [-0.4, -0.2) is 80.6 Å². The van der Waals surface area contributed by atoms with Crippen LogP contribution in [0.15, 0.2) is 102 Å². The van der Waals surface area contributed by atoms with E-state index in [0.29, 0.717) is 30.7 Å².